The number of nitrogens with one attached hydrogen (secondary N) is 2. The van der Waals surface area contributed by atoms with E-state index >= 15 is 0 Å². The fourth-order valence-electron chi connectivity index (χ4n) is 2.04. The predicted octanol–water partition coefficient (Wildman–Crippen LogP) is 2.86. The molecule has 0 saturated heterocycles. The maximum Gasteiger partial charge on any atom is 0.270 e. The lowest BCUT2D eigenvalue weighted by molar-refractivity contribution is -0.385. The lowest BCUT2D eigenvalue weighted by Crippen LogP contribution is -2.23. The minimum atomic E-state index is -2.75. The zero-order valence-electron chi connectivity index (χ0n) is 10.7. The second-order valence-electron chi connectivity index (χ2n) is 4.50. The minimum Gasteiger partial charge on any atom is -0.381 e. The fourth-order valence-corrected chi connectivity index (χ4v) is 2.04. The van der Waals surface area contributed by atoms with Crippen molar-refractivity contribution in [1.82, 2.24) is 5.32 Å². The molecule has 2 N–H and O–H groups in total. The molecule has 1 aromatic carbocycles. The van der Waals surface area contributed by atoms with Gasteiger partial charge in [-0.25, -0.2) is 8.78 Å². The summed E-state index contributed by atoms with van der Waals surface area (Å²) in [5, 5.41) is 16.7. The molecule has 1 heterocycles. The van der Waals surface area contributed by atoms with E-state index in [1.165, 1.54) is 12.1 Å². The third kappa shape index (κ3) is 3.51. The summed E-state index contributed by atoms with van der Waals surface area (Å²) in [6.07, 6.45) is 0.132. The predicted molar refractivity (Wildman–Crippen MR) is 72.1 cm³/mol. The molecule has 1 aliphatic heterocycles. The Balaban J connectivity index is 2.13. The number of hydrogen-bond acceptors (Lipinski definition) is 4. The Kier molecular flexibility index (Phi) is 4.62. The van der Waals surface area contributed by atoms with E-state index in [0.29, 0.717) is 6.54 Å². The third-order valence-electron chi connectivity index (χ3n) is 3.14. The number of nitro benzene ring substituents is 1. The number of alkyl halides is 2. The molecule has 0 bridgehead atoms. The van der Waals surface area contributed by atoms with E-state index in [-0.39, 0.29) is 16.9 Å². The molecule has 0 fully saturated rings. The highest BCUT2D eigenvalue weighted by molar-refractivity contribution is 5.57. The minimum absolute atomic E-state index is 0.241. The average Bonchev–Trinajstić information content (AvgIpc) is 2.45. The van der Waals surface area contributed by atoms with Gasteiger partial charge in [-0.1, -0.05) is 11.6 Å². The van der Waals surface area contributed by atoms with E-state index in [1.807, 2.05) is 6.08 Å². The van der Waals surface area contributed by atoms with Crippen LogP contribution in [0.15, 0.2) is 29.8 Å². The molecule has 0 atom stereocenters. The smallest absolute Gasteiger partial charge is 0.270 e. The van der Waals surface area contributed by atoms with Gasteiger partial charge in [0.1, 0.15) is 0 Å². The number of benzene rings is 1. The van der Waals surface area contributed by atoms with Crippen molar-refractivity contribution in [2.24, 2.45) is 0 Å². The maximum atomic E-state index is 12.9. The molecule has 108 valence electrons. The van der Waals surface area contributed by atoms with Gasteiger partial charge in [0.05, 0.1) is 4.92 Å². The van der Waals surface area contributed by atoms with E-state index in [9.17, 15) is 18.9 Å². The van der Waals surface area contributed by atoms with E-state index in [4.69, 9.17) is 0 Å². The second kappa shape index (κ2) is 6.42. The van der Waals surface area contributed by atoms with Gasteiger partial charge in [-0.05, 0) is 19.0 Å². The SMILES string of the molecule is O=[N+]([O-])c1ccc(NCC2=CCNCC2)c(C(F)F)c1. The van der Waals surface area contributed by atoms with Crippen LogP contribution < -0.4 is 10.6 Å². The maximum absolute atomic E-state index is 12.9. The van der Waals surface area contributed by atoms with Crippen LogP contribution in [0.4, 0.5) is 20.2 Å². The molecule has 2 rings (SSSR count). The first kappa shape index (κ1) is 14.4. The molecule has 0 saturated carbocycles. The van der Waals surface area contributed by atoms with Gasteiger partial charge in [-0.15, -0.1) is 0 Å². The number of anilines is 1. The van der Waals surface area contributed by atoms with E-state index in [1.54, 1.807) is 0 Å². The Morgan fingerprint density at radius 1 is 1.45 bits per heavy atom. The summed E-state index contributed by atoms with van der Waals surface area (Å²) in [6, 6.07) is 3.48. The summed E-state index contributed by atoms with van der Waals surface area (Å²) in [7, 11) is 0. The van der Waals surface area contributed by atoms with E-state index in [2.05, 4.69) is 10.6 Å². The third-order valence-corrected chi connectivity index (χ3v) is 3.14. The van der Waals surface area contributed by atoms with Crippen molar-refractivity contribution in [2.45, 2.75) is 12.8 Å². The van der Waals surface area contributed by atoms with Gasteiger partial charge < -0.3 is 10.6 Å². The van der Waals surface area contributed by atoms with Crippen LogP contribution in [-0.4, -0.2) is 24.6 Å². The highest BCUT2D eigenvalue weighted by Gasteiger charge is 2.18. The van der Waals surface area contributed by atoms with Crippen LogP contribution in [0.2, 0.25) is 0 Å². The number of halogens is 2. The number of hydrogen-bond donors (Lipinski definition) is 2. The first-order valence-corrected chi connectivity index (χ1v) is 6.27. The highest BCUT2D eigenvalue weighted by Crippen LogP contribution is 2.30. The Bertz CT molecular complexity index is 532. The number of non-ortho nitro benzene ring substituents is 1. The molecule has 0 aromatic heterocycles. The molecule has 20 heavy (non-hydrogen) atoms. The van der Waals surface area contributed by atoms with Crippen LogP contribution in [0.25, 0.3) is 0 Å². The number of nitro groups is 1. The molecule has 1 aromatic rings. The topological polar surface area (TPSA) is 67.2 Å². The van der Waals surface area contributed by atoms with Gasteiger partial charge in [-0.2, -0.15) is 0 Å². The molecule has 1 aliphatic rings. The molecule has 0 amide bonds. The van der Waals surface area contributed by atoms with Crippen LogP contribution in [-0.2, 0) is 0 Å². The van der Waals surface area contributed by atoms with Crippen molar-refractivity contribution in [1.29, 1.82) is 0 Å². The summed E-state index contributed by atoms with van der Waals surface area (Å²) in [5.41, 5.74) is 0.716. The molecular weight excluding hydrogens is 268 g/mol. The Morgan fingerprint density at radius 2 is 2.25 bits per heavy atom. The zero-order valence-corrected chi connectivity index (χ0v) is 10.7. The standard InChI is InChI=1S/C13H15F2N3O2/c14-13(15)11-7-10(18(19)20)1-2-12(11)17-8-9-3-5-16-6-4-9/h1-3,7,13,16-17H,4-6,8H2. The lowest BCUT2D eigenvalue weighted by atomic mass is 10.1. The monoisotopic (exact) mass is 283 g/mol. The molecule has 5 nitrogen and oxygen atoms in total. The average molecular weight is 283 g/mol. The zero-order chi connectivity index (χ0) is 14.5. The Labute approximate surface area is 114 Å². The summed E-state index contributed by atoms with van der Waals surface area (Å²) >= 11 is 0. The first-order chi connectivity index (χ1) is 9.58. The van der Waals surface area contributed by atoms with Crippen molar-refractivity contribution in [2.75, 3.05) is 25.0 Å². The van der Waals surface area contributed by atoms with Gasteiger partial charge >= 0.3 is 0 Å². The lowest BCUT2D eigenvalue weighted by Gasteiger charge is -2.16. The molecule has 0 aliphatic carbocycles. The van der Waals surface area contributed by atoms with Crippen molar-refractivity contribution in [3.05, 3.63) is 45.5 Å². The highest BCUT2D eigenvalue weighted by atomic mass is 19.3. The van der Waals surface area contributed by atoms with Gasteiger partial charge in [0, 0.05) is 36.5 Å². The van der Waals surface area contributed by atoms with Crippen LogP contribution >= 0.6 is 0 Å². The van der Waals surface area contributed by atoms with Crippen LogP contribution in [0.3, 0.4) is 0 Å². The van der Waals surface area contributed by atoms with Crippen molar-refractivity contribution < 1.29 is 13.7 Å². The molecule has 0 radical (unpaired) electrons. The van der Waals surface area contributed by atoms with Crippen LogP contribution in [0.5, 0.6) is 0 Å². The molecule has 0 spiro atoms. The first-order valence-electron chi connectivity index (χ1n) is 6.27. The van der Waals surface area contributed by atoms with E-state index in [0.717, 1.165) is 31.1 Å². The summed E-state index contributed by atoms with van der Waals surface area (Å²) in [6.45, 7) is 2.12. The quantitative estimate of drug-likeness (QED) is 0.495. The van der Waals surface area contributed by atoms with Crippen LogP contribution in [0, 0.1) is 10.1 Å². The van der Waals surface area contributed by atoms with Crippen molar-refractivity contribution in [3.63, 3.8) is 0 Å². The van der Waals surface area contributed by atoms with Gasteiger partial charge in [0.25, 0.3) is 12.1 Å². The van der Waals surface area contributed by atoms with Gasteiger partial charge in [-0.3, -0.25) is 10.1 Å². The summed E-state index contributed by atoms with van der Waals surface area (Å²) in [4.78, 5) is 9.94. The molecule has 0 unspecified atom stereocenters. The summed E-state index contributed by atoms with van der Waals surface area (Å²) in [5.74, 6) is 0. The summed E-state index contributed by atoms with van der Waals surface area (Å²) < 4.78 is 25.9. The Morgan fingerprint density at radius 3 is 2.85 bits per heavy atom. The largest absolute Gasteiger partial charge is 0.381 e. The Hall–Kier alpha value is -2.02. The van der Waals surface area contributed by atoms with Crippen LogP contribution in [0.1, 0.15) is 18.4 Å². The molecule has 7 heteroatoms. The van der Waals surface area contributed by atoms with Crippen molar-refractivity contribution >= 4 is 11.4 Å². The van der Waals surface area contributed by atoms with E-state index < -0.39 is 11.3 Å². The van der Waals surface area contributed by atoms with Gasteiger partial charge in [0.15, 0.2) is 0 Å². The normalized spacial score (nSPS) is 15.1. The fraction of sp³-hybridized carbons (Fsp3) is 0.385. The number of rotatable bonds is 5. The molecular formula is C13H15F2N3O2. The second-order valence-corrected chi connectivity index (χ2v) is 4.50. The number of nitrogens with zero attached hydrogens (tertiary/aromatic N) is 1. The van der Waals surface area contributed by atoms with Crippen molar-refractivity contribution in [3.8, 4) is 0 Å². The van der Waals surface area contributed by atoms with Gasteiger partial charge in [0.2, 0.25) is 0 Å².